The Hall–Kier alpha value is -2.48. The Bertz CT molecular complexity index is 901. The second-order valence-electron chi connectivity index (χ2n) is 5.16. The number of anilines is 2. The molecule has 0 atom stereocenters. The van der Waals surface area contributed by atoms with Crippen molar-refractivity contribution in [3.8, 4) is 0 Å². The van der Waals surface area contributed by atoms with Gasteiger partial charge in [-0.15, -0.1) is 0 Å². The summed E-state index contributed by atoms with van der Waals surface area (Å²) in [5.41, 5.74) is -3.05. The third-order valence-electron chi connectivity index (χ3n) is 3.27. The fourth-order valence-corrected chi connectivity index (χ4v) is 2.53. The molecular formula is C15H4F10N2S2. The van der Waals surface area contributed by atoms with Gasteiger partial charge in [0.2, 0.25) is 11.6 Å². The molecule has 0 saturated heterocycles. The normalized spacial score (nSPS) is 10.8. The summed E-state index contributed by atoms with van der Waals surface area (Å²) in [6, 6.07) is 0. The molecule has 2 rings (SSSR count). The lowest BCUT2D eigenvalue weighted by atomic mass is 10.2. The van der Waals surface area contributed by atoms with Crippen LogP contribution in [0.4, 0.5) is 55.3 Å². The van der Waals surface area contributed by atoms with E-state index in [1.54, 1.807) is 10.6 Å². The first-order valence-corrected chi connectivity index (χ1v) is 7.82. The largest absolute Gasteiger partial charge is 0.345 e. The van der Waals surface area contributed by atoms with Crippen LogP contribution in [0.3, 0.4) is 0 Å². The van der Waals surface area contributed by atoms with Crippen molar-refractivity contribution < 1.29 is 43.9 Å². The van der Waals surface area contributed by atoms with Crippen LogP contribution in [0.25, 0.3) is 0 Å². The lowest BCUT2D eigenvalue weighted by Gasteiger charge is -2.14. The van der Waals surface area contributed by atoms with Crippen molar-refractivity contribution in [2.75, 3.05) is 10.6 Å². The van der Waals surface area contributed by atoms with E-state index in [2.05, 4.69) is 24.4 Å². The molecule has 0 aliphatic carbocycles. The quantitative estimate of drug-likeness (QED) is 0.264. The van der Waals surface area contributed by atoms with Gasteiger partial charge < -0.3 is 10.6 Å². The van der Waals surface area contributed by atoms with Crippen molar-refractivity contribution in [1.82, 2.24) is 0 Å². The number of rotatable bonds is 4. The van der Waals surface area contributed by atoms with Gasteiger partial charge in [-0.25, -0.2) is 43.9 Å². The third kappa shape index (κ3) is 4.27. The van der Waals surface area contributed by atoms with Gasteiger partial charge in [0.15, 0.2) is 46.5 Å². The molecule has 2 nitrogen and oxygen atoms in total. The van der Waals surface area contributed by atoms with Gasteiger partial charge in [-0.05, 0) is 0 Å². The Morgan fingerprint density at radius 1 is 0.448 bits per heavy atom. The molecule has 29 heavy (non-hydrogen) atoms. The van der Waals surface area contributed by atoms with Crippen LogP contribution < -0.4 is 10.6 Å². The van der Waals surface area contributed by atoms with Crippen LogP contribution in [0, 0.1) is 58.2 Å². The van der Waals surface area contributed by atoms with Crippen molar-refractivity contribution in [3.05, 3.63) is 58.2 Å². The monoisotopic (exact) mass is 466 g/mol. The summed E-state index contributed by atoms with van der Waals surface area (Å²) < 4.78 is 133. The van der Waals surface area contributed by atoms with Crippen molar-refractivity contribution in [1.29, 1.82) is 0 Å². The van der Waals surface area contributed by atoms with E-state index in [0.29, 0.717) is 0 Å². The van der Waals surface area contributed by atoms with Gasteiger partial charge >= 0.3 is 0 Å². The van der Waals surface area contributed by atoms with Gasteiger partial charge in [0.05, 0.1) is 9.98 Å². The first-order valence-electron chi connectivity index (χ1n) is 7.01. The predicted octanol–water partition coefficient (Wildman–Crippen LogP) is 5.65. The van der Waals surface area contributed by atoms with E-state index in [1.807, 2.05) is 0 Å². The second kappa shape index (κ2) is 8.49. The van der Waals surface area contributed by atoms with Crippen LogP contribution in [-0.4, -0.2) is 9.98 Å². The molecule has 0 fully saturated rings. The van der Waals surface area contributed by atoms with E-state index >= 15 is 0 Å². The summed E-state index contributed by atoms with van der Waals surface area (Å²) in [5.74, 6) is -22.9. The van der Waals surface area contributed by atoms with Crippen molar-refractivity contribution >= 4 is 45.8 Å². The Labute approximate surface area is 165 Å². The molecule has 0 aromatic heterocycles. The number of thiocarbonyl (C=S) groups is 2. The summed E-state index contributed by atoms with van der Waals surface area (Å²) in [6.07, 6.45) is -0.816. The predicted molar refractivity (Wildman–Crippen MR) is 89.5 cm³/mol. The van der Waals surface area contributed by atoms with Crippen LogP contribution in [0.1, 0.15) is 6.42 Å². The van der Waals surface area contributed by atoms with Crippen LogP contribution in [-0.2, 0) is 0 Å². The molecule has 0 radical (unpaired) electrons. The highest BCUT2D eigenvalue weighted by molar-refractivity contribution is 7.82. The Morgan fingerprint density at radius 3 is 0.897 bits per heavy atom. The van der Waals surface area contributed by atoms with E-state index in [1.165, 1.54) is 0 Å². The lowest BCUT2D eigenvalue weighted by Crippen LogP contribution is -2.22. The average Bonchev–Trinajstić information content (AvgIpc) is 2.68. The van der Waals surface area contributed by atoms with Gasteiger partial charge in [0, 0.05) is 6.42 Å². The van der Waals surface area contributed by atoms with E-state index < -0.39 is 85.9 Å². The molecule has 0 aliphatic rings. The SMILES string of the molecule is Fc1c(F)c(F)c(NC(=S)CC(=S)Nc2c(F)c(F)c(F)c(F)c2F)c(F)c1F. The standard InChI is InChI=1S/C15H4F10N2S2/c16-4-6(18)10(22)14(11(23)7(4)19)26-2(28)1-3(29)27-15-12(24)8(20)5(17)9(21)13(15)25/h1H2,(H,26,28)(H,27,29). The molecule has 0 saturated carbocycles. The Morgan fingerprint density at radius 2 is 0.655 bits per heavy atom. The maximum atomic E-state index is 13.6. The van der Waals surface area contributed by atoms with E-state index in [0.717, 1.165) is 0 Å². The van der Waals surface area contributed by atoms with Crippen LogP contribution in [0.2, 0.25) is 0 Å². The van der Waals surface area contributed by atoms with Gasteiger partial charge in [-0.3, -0.25) is 0 Å². The van der Waals surface area contributed by atoms with Crippen LogP contribution in [0.5, 0.6) is 0 Å². The minimum absolute atomic E-state index is 0.699. The summed E-state index contributed by atoms with van der Waals surface area (Å²) in [5, 5.41) is 3.35. The van der Waals surface area contributed by atoms with Crippen molar-refractivity contribution in [2.24, 2.45) is 0 Å². The molecule has 0 aliphatic heterocycles. The zero-order valence-corrected chi connectivity index (χ0v) is 14.9. The number of nitrogens with one attached hydrogen (secondary N) is 2. The maximum absolute atomic E-state index is 13.6. The van der Waals surface area contributed by atoms with Gasteiger partial charge in [0.1, 0.15) is 11.4 Å². The van der Waals surface area contributed by atoms with E-state index in [4.69, 9.17) is 0 Å². The third-order valence-corrected chi connectivity index (χ3v) is 3.76. The summed E-state index contributed by atoms with van der Waals surface area (Å²) in [6.45, 7) is 0. The highest BCUT2D eigenvalue weighted by Gasteiger charge is 2.28. The molecule has 14 heteroatoms. The fourth-order valence-electron chi connectivity index (χ4n) is 1.94. The molecular weight excluding hydrogens is 462 g/mol. The maximum Gasteiger partial charge on any atom is 0.200 e. The van der Waals surface area contributed by atoms with Gasteiger partial charge in [-0.2, -0.15) is 0 Å². The molecule has 156 valence electrons. The summed E-state index contributed by atoms with van der Waals surface area (Å²) in [7, 11) is 0. The molecule has 0 spiro atoms. The molecule has 0 heterocycles. The smallest absolute Gasteiger partial charge is 0.200 e. The number of benzene rings is 2. The average molecular weight is 466 g/mol. The second-order valence-corrected chi connectivity index (χ2v) is 6.15. The van der Waals surface area contributed by atoms with Crippen molar-refractivity contribution in [2.45, 2.75) is 6.42 Å². The first kappa shape index (κ1) is 22.8. The summed E-state index contributed by atoms with van der Waals surface area (Å²) >= 11 is 9.20. The molecule has 0 unspecified atom stereocenters. The van der Waals surface area contributed by atoms with Crippen LogP contribution >= 0.6 is 24.4 Å². The van der Waals surface area contributed by atoms with Crippen molar-refractivity contribution in [3.63, 3.8) is 0 Å². The Kier molecular flexibility index (Phi) is 6.67. The highest BCUT2D eigenvalue weighted by Crippen LogP contribution is 2.29. The van der Waals surface area contributed by atoms with E-state index in [9.17, 15) is 43.9 Å². The molecule has 2 aromatic carbocycles. The van der Waals surface area contributed by atoms with Crippen LogP contribution in [0.15, 0.2) is 0 Å². The fraction of sp³-hybridized carbons (Fsp3) is 0.0667. The molecule has 2 N–H and O–H groups in total. The zero-order chi connectivity index (χ0) is 22.2. The minimum atomic E-state index is -2.42. The first-order chi connectivity index (χ1) is 13.4. The number of hydrogen-bond donors (Lipinski definition) is 2. The Balaban J connectivity index is 2.21. The molecule has 2 aromatic rings. The number of halogens is 10. The van der Waals surface area contributed by atoms with Gasteiger partial charge in [0.25, 0.3) is 0 Å². The lowest BCUT2D eigenvalue weighted by molar-refractivity contribution is 0.382. The summed E-state index contributed by atoms with van der Waals surface area (Å²) in [4.78, 5) is -1.40. The minimum Gasteiger partial charge on any atom is -0.345 e. The number of hydrogen-bond acceptors (Lipinski definition) is 2. The molecule has 0 bridgehead atoms. The molecule has 0 amide bonds. The van der Waals surface area contributed by atoms with Gasteiger partial charge in [-0.1, -0.05) is 24.4 Å². The highest BCUT2D eigenvalue weighted by atomic mass is 32.1. The topological polar surface area (TPSA) is 24.1 Å². The zero-order valence-electron chi connectivity index (χ0n) is 13.3. The van der Waals surface area contributed by atoms with E-state index in [-0.39, 0.29) is 0 Å².